The van der Waals surface area contributed by atoms with E-state index >= 15 is 0 Å². The first-order valence-corrected chi connectivity index (χ1v) is 12.9. The summed E-state index contributed by atoms with van der Waals surface area (Å²) in [6, 6.07) is 41.1. The number of carbonyl (C=O) groups excluding carboxylic acids is 2. The number of carboxylic acids is 2. The molecule has 8 nitrogen and oxygen atoms in total. The molecule has 0 fully saturated rings. The number of hydrogen-bond donors (Lipinski definition) is 0. The number of carboxylic acid groups (broad SMARTS) is 2. The largest absolute Gasteiger partial charge is 0.542 e. The van der Waals surface area contributed by atoms with E-state index in [1.54, 1.807) is 12.1 Å². The molecule has 0 aliphatic rings. The molecule has 0 saturated carbocycles. The standard InChI is InChI=1S/2C17H12N2O2.Ir/c2*20-17(21)16-18-14(12-7-3-1-4-8-12)11-15(19-16)13-9-5-2-6-10-13;/h2*1-11H,(H,20,21);/p-2. The quantitative estimate of drug-likeness (QED) is 0.246. The summed E-state index contributed by atoms with van der Waals surface area (Å²) < 4.78 is 0. The topological polar surface area (TPSA) is 132 Å². The summed E-state index contributed by atoms with van der Waals surface area (Å²) in [5, 5.41) is 22.3. The summed E-state index contributed by atoms with van der Waals surface area (Å²) in [5.41, 5.74) is 5.57. The molecule has 0 aliphatic heterocycles. The van der Waals surface area contributed by atoms with E-state index in [4.69, 9.17) is 0 Å². The number of aromatic nitrogens is 4. The zero-order valence-corrected chi connectivity index (χ0v) is 24.9. The van der Waals surface area contributed by atoms with Gasteiger partial charge in [0.05, 0.1) is 22.8 Å². The van der Waals surface area contributed by atoms with Gasteiger partial charge in [-0.25, -0.2) is 19.9 Å². The van der Waals surface area contributed by atoms with E-state index in [1.165, 1.54) is 0 Å². The Bertz CT molecular complexity index is 1570. The molecule has 0 saturated heterocycles. The number of rotatable bonds is 6. The van der Waals surface area contributed by atoms with E-state index in [-0.39, 0.29) is 31.8 Å². The van der Waals surface area contributed by atoms with Gasteiger partial charge in [-0.1, -0.05) is 121 Å². The molecular formula is C34H22IrN4O4-2. The molecule has 0 aliphatic carbocycles. The van der Waals surface area contributed by atoms with Gasteiger partial charge in [0.1, 0.15) is 11.9 Å². The third kappa shape index (κ3) is 7.89. The maximum absolute atomic E-state index is 11.1. The minimum absolute atomic E-state index is 0. The number of nitrogens with zero attached hydrogens (tertiary/aromatic N) is 4. The fourth-order valence-electron chi connectivity index (χ4n) is 4.10. The first-order valence-electron chi connectivity index (χ1n) is 12.9. The molecule has 6 rings (SSSR count). The second-order valence-corrected chi connectivity index (χ2v) is 8.96. The zero-order valence-electron chi connectivity index (χ0n) is 22.5. The van der Waals surface area contributed by atoms with Crippen molar-refractivity contribution in [1.82, 2.24) is 19.9 Å². The van der Waals surface area contributed by atoms with Crippen molar-refractivity contribution in [2.24, 2.45) is 0 Å². The van der Waals surface area contributed by atoms with Crippen LogP contribution < -0.4 is 10.2 Å². The summed E-state index contributed by atoms with van der Waals surface area (Å²) in [5.74, 6) is -3.39. The average molecular weight is 743 g/mol. The predicted molar refractivity (Wildman–Crippen MR) is 154 cm³/mol. The van der Waals surface area contributed by atoms with Gasteiger partial charge in [0, 0.05) is 42.4 Å². The van der Waals surface area contributed by atoms with Gasteiger partial charge in [-0.2, -0.15) is 0 Å². The number of benzene rings is 4. The van der Waals surface area contributed by atoms with Crippen LogP contribution in [0, 0.1) is 0 Å². The van der Waals surface area contributed by atoms with Crippen LogP contribution >= 0.6 is 0 Å². The van der Waals surface area contributed by atoms with Crippen molar-refractivity contribution in [1.29, 1.82) is 0 Å². The van der Waals surface area contributed by atoms with Crippen molar-refractivity contribution in [3.05, 3.63) is 145 Å². The van der Waals surface area contributed by atoms with Crippen molar-refractivity contribution in [2.75, 3.05) is 0 Å². The van der Waals surface area contributed by atoms with Gasteiger partial charge in [0.25, 0.3) is 0 Å². The van der Waals surface area contributed by atoms with E-state index < -0.39 is 11.9 Å². The Labute approximate surface area is 261 Å². The van der Waals surface area contributed by atoms with Gasteiger partial charge in [0.15, 0.2) is 11.6 Å². The Kier molecular flexibility index (Phi) is 10.3. The minimum atomic E-state index is -1.38. The van der Waals surface area contributed by atoms with Gasteiger partial charge in [-0.05, 0) is 12.1 Å². The van der Waals surface area contributed by atoms with Crippen LogP contribution in [0.5, 0.6) is 0 Å². The van der Waals surface area contributed by atoms with Crippen LogP contribution in [0.3, 0.4) is 0 Å². The number of hydrogen-bond acceptors (Lipinski definition) is 8. The second-order valence-electron chi connectivity index (χ2n) is 8.96. The number of carbonyl (C=O) groups is 2. The first kappa shape index (κ1) is 30.6. The molecule has 2 aromatic heterocycles. The van der Waals surface area contributed by atoms with E-state index in [0.29, 0.717) is 22.8 Å². The van der Waals surface area contributed by atoms with Crippen molar-refractivity contribution < 1.29 is 39.9 Å². The maximum Gasteiger partial charge on any atom is 0.176 e. The summed E-state index contributed by atoms with van der Waals surface area (Å²) in [6.07, 6.45) is 0. The van der Waals surface area contributed by atoms with E-state index in [1.807, 2.05) is 121 Å². The van der Waals surface area contributed by atoms with Crippen LogP contribution in [0.2, 0.25) is 0 Å². The average Bonchev–Trinajstić information content (AvgIpc) is 3.06. The van der Waals surface area contributed by atoms with Crippen LogP contribution in [-0.4, -0.2) is 31.9 Å². The molecule has 0 spiro atoms. The summed E-state index contributed by atoms with van der Waals surface area (Å²) in [4.78, 5) is 38.5. The van der Waals surface area contributed by atoms with Crippen LogP contribution in [-0.2, 0) is 20.1 Å². The van der Waals surface area contributed by atoms with Crippen LogP contribution in [0.25, 0.3) is 45.0 Å². The molecule has 0 unspecified atom stereocenters. The molecule has 0 atom stereocenters. The molecule has 2 heterocycles. The third-order valence-corrected chi connectivity index (χ3v) is 6.10. The van der Waals surface area contributed by atoms with Crippen LogP contribution in [0.15, 0.2) is 133 Å². The third-order valence-electron chi connectivity index (χ3n) is 6.10. The Morgan fingerprint density at radius 2 is 0.605 bits per heavy atom. The monoisotopic (exact) mass is 743 g/mol. The van der Waals surface area contributed by atoms with E-state index in [2.05, 4.69) is 19.9 Å². The fourth-order valence-corrected chi connectivity index (χ4v) is 4.10. The Hall–Kier alpha value is -5.37. The van der Waals surface area contributed by atoms with Gasteiger partial charge in [-0.15, -0.1) is 0 Å². The van der Waals surface area contributed by atoms with Crippen molar-refractivity contribution in [3.8, 4) is 45.0 Å². The minimum Gasteiger partial charge on any atom is -0.542 e. The molecular weight excluding hydrogens is 721 g/mol. The molecule has 0 bridgehead atoms. The van der Waals surface area contributed by atoms with Gasteiger partial charge in [-0.3, -0.25) is 0 Å². The second kappa shape index (κ2) is 14.5. The molecule has 0 N–H and O–H groups in total. The fraction of sp³-hybridized carbons (Fsp3) is 0. The molecule has 43 heavy (non-hydrogen) atoms. The smallest absolute Gasteiger partial charge is 0.176 e. The van der Waals surface area contributed by atoms with Gasteiger partial charge < -0.3 is 19.8 Å². The Morgan fingerprint density at radius 1 is 0.395 bits per heavy atom. The van der Waals surface area contributed by atoms with E-state index in [9.17, 15) is 19.8 Å². The first-order chi connectivity index (χ1) is 20.5. The van der Waals surface area contributed by atoms with Gasteiger partial charge >= 0.3 is 0 Å². The van der Waals surface area contributed by atoms with Crippen molar-refractivity contribution >= 4 is 11.9 Å². The summed E-state index contributed by atoms with van der Waals surface area (Å²) >= 11 is 0. The predicted octanol–water partition coefficient (Wildman–Crippen LogP) is 4.35. The number of aromatic carboxylic acids is 2. The summed E-state index contributed by atoms with van der Waals surface area (Å²) in [7, 11) is 0. The van der Waals surface area contributed by atoms with Gasteiger partial charge in [0.2, 0.25) is 0 Å². The SMILES string of the molecule is O=C([O-])c1nc(-c2ccccc2)cc(-c2ccccc2)n1.O=C([O-])c1nc(-c2ccccc2)cc(-c2ccccc2)n1.[Ir]. The normalized spacial score (nSPS) is 10.0. The molecule has 6 aromatic rings. The van der Waals surface area contributed by atoms with Crippen molar-refractivity contribution in [3.63, 3.8) is 0 Å². The molecule has 9 heteroatoms. The van der Waals surface area contributed by atoms with Crippen LogP contribution in [0.1, 0.15) is 21.2 Å². The summed E-state index contributed by atoms with van der Waals surface area (Å²) in [6.45, 7) is 0. The Balaban J connectivity index is 0.000000192. The van der Waals surface area contributed by atoms with Crippen LogP contribution in [0.4, 0.5) is 0 Å². The molecule has 0 amide bonds. The zero-order chi connectivity index (χ0) is 29.3. The van der Waals surface area contributed by atoms with Crippen molar-refractivity contribution in [2.45, 2.75) is 0 Å². The molecule has 4 aromatic carbocycles. The Morgan fingerprint density at radius 3 is 0.791 bits per heavy atom. The molecule has 1 radical (unpaired) electrons. The molecule has 213 valence electrons. The maximum atomic E-state index is 11.1. The van der Waals surface area contributed by atoms with E-state index in [0.717, 1.165) is 22.3 Å².